The molecule has 2 heterocycles. The number of hydrogen-bond acceptors (Lipinski definition) is 8. The second-order valence-corrected chi connectivity index (χ2v) is 7.88. The summed E-state index contributed by atoms with van der Waals surface area (Å²) in [7, 11) is 1.58. The van der Waals surface area contributed by atoms with E-state index in [2.05, 4.69) is 20.8 Å². The Morgan fingerprint density at radius 1 is 1.30 bits per heavy atom. The normalized spacial score (nSPS) is 17.1. The Kier molecular flexibility index (Phi) is 6.93. The maximum Gasteiger partial charge on any atom is 0.321 e. The minimum absolute atomic E-state index is 0.142. The molecule has 0 aliphatic carbocycles. The van der Waals surface area contributed by atoms with Crippen molar-refractivity contribution in [3.05, 3.63) is 30.1 Å². The molecular formula is C19H23N5O5S. The topological polar surface area (TPSA) is 124 Å². The van der Waals surface area contributed by atoms with Gasteiger partial charge in [0.05, 0.1) is 13.7 Å². The van der Waals surface area contributed by atoms with E-state index in [0.717, 1.165) is 5.69 Å². The second-order valence-electron chi connectivity index (χ2n) is 6.57. The first-order chi connectivity index (χ1) is 14.4. The Labute approximate surface area is 177 Å². The molecule has 1 aromatic heterocycles. The van der Waals surface area contributed by atoms with Gasteiger partial charge in [0.15, 0.2) is 5.16 Å². The van der Waals surface area contributed by atoms with E-state index in [1.54, 1.807) is 37.7 Å². The van der Waals surface area contributed by atoms with Crippen LogP contribution in [0.2, 0.25) is 0 Å². The summed E-state index contributed by atoms with van der Waals surface area (Å²) in [5, 5.41) is 13.5. The zero-order valence-electron chi connectivity index (χ0n) is 16.9. The third-order valence-electron chi connectivity index (χ3n) is 4.38. The molecule has 0 bridgehead atoms. The summed E-state index contributed by atoms with van der Waals surface area (Å²) >= 11 is 1.22. The molecule has 3 amide bonds. The van der Waals surface area contributed by atoms with Crippen molar-refractivity contribution in [3.63, 3.8) is 0 Å². The van der Waals surface area contributed by atoms with E-state index in [1.165, 1.54) is 11.8 Å². The van der Waals surface area contributed by atoms with Crippen molar-refractivity contribution in [3.8, 4) is 11.4 Å². The molecule has 11 heteroatoms. The number of aromatic nitrogens is 3. The predicted octanol–water partition coefficient (Wildman–Crippen LogP) is 1.46. The van der Waals surface area contributed by atoms with Crippen molar-refractivity contribution in [1.82, 2.24) is 25.4 Å². The van der Waals surface area contributed by atoms with Crippen LogP contribution < -0.4 is 15.4 Å². The van der Waals surface area contributed by atoms with Gasteiger partial charge in [-0.25, -0.2) is 4.79 Å². The highest BCUT2D eigenvalue weighted by Crippen LogP contribution is 2.28. The van der Waals surface area contributed by atoms with Gasteiger partial charge in [0, 0.05) is 24.6 Å². The molecule has 2 N–H and O–H groups in total. The molecule has 1 aromatic carbocycles. The van der Waals surface area contributed by atoms with Crippen molar-refractivity contribution < 1.29 is 23.9 Å². The van der Waals surface area contributed by atoms with Crippen molar-refractivity contribution in [2.24, 2.45) is 0 Å². The molecule has 3 rings (SSSR count). The Morgan fingerprint density at radius 3 is 2.67 bits per heavy atom. The third-order valence-corrected chi connectivity index (χ3v) is 5.40. The highest BCUT2D eigenvalue weighted by Gasteiger charge is 2.28. The lowest BCUT2D eigenvalue weighted by Gasteiger charge is -2.23. The van der Waals surface area contributed by atoms with Crippen LogP contribution in [0.5, 0.6) is 5.75 Å². The van der Waals surface area contributed by atoms with Gasteiger partial charge < -0.3 is 14.8 Å². The fraction of sp³-hybridized carbons (Fsp3) is 0.421. The fourth-order valence-electron chi connectivity index (χ4n) is 2.98. The Hall–Kier alpha value is -3.08. The molecule has 1 aliphatic heterocycles. The minimum Gasteiger partial charge on any atom is -0.497 e. The molecule has 1 saturated heterocycles. The maximum absolute atomic E-state index is 12.1. The summed E-state index contributed by atoms with van der Waals surface area (Å²) in [5.41, 5.74) is 0.765. The lowest BCUT2D eigenvalue weighted by atomic mass is 10.1. The van der Waals surface area contributed by atoms with Crippen LogP contribution in [0.4, 0.5) is 4.79 Å². The van der Waals surface area contributed by atoms with E-state index in [-0.39, 0.29) is 18.3 Å². The molecule has 2 atom stereocenters. The first kappa shape index (κ1) is 21.6. The number of nitrogens with one attached hydrogen (secondary N) is 2. The molecule has 160 valence electrons. The largest absolute Gasteiger partial charge is 0.497 e. The number of ether oxygens (including phenoxy) is 2. The lowest BCUT2D eigenvalue weighted by Crippen LogP contribution is -2.53. The zero-order chi connectivity index (χ0) is 21.7. The summed E-state index contributed by atoms with van der Waals surface area (Å²) in [4.78, 5) is 35.4. The van der Waals surface area contributed by atoms with E-state index in [9.17, 15) is 14.4 Å². The molecule has 0 saturated carbocycles. The number of methoxy groups -OCH3 is 1. The standard InChI is InChI=1S/C19H23N5O5S/c1-4-29-17(26)11(2)30-19-23-22-15(9-12-10-16(25)21-18(27)20-12)24(19)13-5-7-14(28-3)8-6-13/h5-8,11-12H,4,9-10H2,1-3H3,(H2,20,21,25,27). The SMILES string of the molecule is CCOC(=O)C(C)Sc1nnc(CC2CC(=O)NC(=O)N2)n1-c1ccc(OC)cc1. The first-order valence-electron chi connectivity index (χ1n) is 9.43. The average Bonchev–Trinajstić information content (AvgIpc) is 3.09. The number of nitrogens with zero attached hydrogens (tertiary/aromatic N) is 3. The van der Waals surface area contributed by atoms with Crippen molar-refractivity contribution in [2.75, 3.05) is 13.7 Å². The summed E-state index contributed by atoms with van der Waals surface area (Å²) in [6.07, 6.45) is 0.440. The highest BCUT2D eigenvalue weighted by atomic mass is 32.2. The molecule has 0 spiro atoms. The molecule has 2 unspecified atom stereocenters. The zero-order valence-corrected chi connectivity index (χ0v) is 17.7. The average molecular weight is 433 g/mol. The van der Waals surface area contributed by atoms with Crippen LogP contribution in [0, 0.1) is 0 Å². The summed E-state index contributed by atoms with van der Waals surface area (Å²) < 4.78 is 12.1. The third kappa shape index (κ3) is 5.09. The van der Waals surface area contributed by atoms with Crippen LogP contribution in [0.1, 0.15) is 26.1 Å². The highest BCUT2D eigenvalue weighted by molar-refractivity contribution is 8.00. The van der Waals surface area contributed by atoms with E-state index >= 15 is 0 Å². The van der Waals surface area contributed by atoms with Crippen LogP contribution in [0.3, 0.4) is 0 Å². The first-order valence-corrected chi connectivity index (χ1v) is 10.3. The Balaban J connectivity index is 1.91. The van der Waals surface area contributed by atoms with Gasteiger partial charge in [-0.3, -0.25) is 19.5 Å². The van der Waals surface area contributed by atoms with Gasteiger partial charge in [0.25, 0.3) is 0 Å². The summed E-state index contributed by atoms with van der Waals surface area (Å²) in [5.74, 6) is 0.562. The number of benzene rings is 1. The number of carbonyl (C=O) groups is 3. The predicted molar refractivity (Wildman–Crippen MR) is 109 cm³/mol. The van der Waals surface area contributed by atoms with Crippen LogP contribution in [-0.2, 0) is 20.7 Å². The molecule has 30 heavy (non-hydrogen) atoms. The van der Waals surface area contributed by atoms with Gasteiger partial charge in [0.2, 0.25) is 5.91 Å². The summed E-state index contributed by atoms with van der Waals surface area (Å²) in [6, 6.07) is 6.36. The smallest absolute Gasteiger partial charge is 0.321 e. The minimum atomic E-state index is -0.530. The van der Waals surface area contributed by atoms with Crippen LogP contribution >= 0.6 is 11.8 Å². The molecular weight excluding hydrogens is 410 g/mol. The van der Waals surface area contributed by atoms with E-state index in [4.69, 9.17) is 9.47 Å². The van der Waals surface area contributed by atoms with Crippen molar-refractivity contribution >= 4 is 29.7 Å². The number of carbonyl (C=O) groups excluding carboxylic acids is 3. The van der Waals surface area contributed by atoms with Gasteiger partial charge in [-0.05, 0) is 38.1 Å². The molecule has 0 radical (unpaired) electrons. The van der Waals surface area contributed by atoms with Crippen LogP contribution in [0.25, 0.3) is 5.69 Å². The molecule has 10 nitrogen and oxygen atoms in total. The lowest BCUT2D eigenvalue weighted by molar-refractivity contribution is -0.142. The van der Waals surface area contributed by atoms with Crippen LogP contribution in [0.15, 0.2) is 29.4 Å². The van der Waals surface area contributed by atoms with Crippen LogP contribution in [-0.4, -0.2) is 57.7 Å². The molecule has 1 aliphatic rings. The van der Waals surface area contributed by atoms with Crippen molar-refractivity contribution in [2.45, 2.75) is 43.1 Å². The van der Waals surface area contributed by atoms with Crippen molar-refractivity contribution in [1.29, 1.82) is 0 Å². The number of rotatable bonds is 8. The fourth-order valence-corrected chi connectivity index (χ4v) is 3.87. The van der Waals surface area contributed by atoms with Gasteiger partial charge in [-0.1, -0.05) is 11.8 Å². The molecule has 1 fully saturated rings. The van der Waals surface area contributed by atoms with E-state index in [0.29, 0.717) is 29.8 Å². The number of hydrogen-bond donors (Lipinski definition) is 2. The number of esters is 1. The number of urea groups is 1. The van der Waals surface area contributed by atoms with E-state index < -0.39 is 17.3 Å². The maximum atomic E-state index is 12.1. The van der Waals surface area contributed by atoms with E-state index in [1.807, 2.05) is 12.1 Å². The number of imide groups is 1. The molecule has 2 aromatic rings. The van der Waals surface area contributed by atoms with Gasteiger partial charge >= 0.3 is 12.0 Å². The quantitative estimate of drug-likeness (QED) is 0.474. The van der Waals surface area contributed by atoms with Gasteiger partial charge in [-0.2, -0.15) is 0 Å². The Morgan fingerprint density at radius 2 is 2.03 bits per heavy atom. The number of amides is 3. The van der Waals surface area contributed by atoms with Gasteiger partial charge in [0.1, 0.15) is 16.8 Å². The second kappa shape index (κ2) is 9.61. The Bertz CT molecular complexity index is 914. The van der Waals surface area contributed by atoms with Gasteiger partial charge in [-0.15, -0.1) is 10.2 Å². The summed E-state index contributed by atoms with van der Waals surface area (Å²) in [6.45, 7) is 3.78. The number of thioether (sulfide) groups is 1. The monoisotopic (exact) mass is 433 g/mol.